The Morgan fingerprint density at radius 2 is 2.00 bits per heavy atom. The van der Waals surface area contributed by atoms with Gasteiger partial charge in [-0.15, -0.1) is 0 Å². The molecule has 0 saturated carbocycles. The minimum absolute atomic E-state index is 0.211. The number of hydrogen-bond donors (Lipinski definition) is 1. The fourth-order valence-electron chi connectivity index (χ4n) is 3.33. The van der Waals surface area contributed by atoms with Crippen molar-refractivity contribution < 1.29 is 13.2 Å². The van der Waals surface area contributed by atoms with Crippen molar-refractivity contribution in [2.24, 2.45) is 0 Å². The normalized spacial score (nSPS) is 18.4. The lowest BCUT2D eigenvalue weighted by atomic mass is 10.2. The average Bonchev–Trinajstić information content (AvgIpc) is 3.25. The summed E-state index contributed by atoms with van der Waals surface area (Å²) in [5.74, 6) is 0.597. The third kappa shape index (κ3) is 2.69. The summed E-state index contributed by atoms with van der Waals surface area (Å²) in [7, 11) is -2.09. The van der Waals surface area contributed by atoms with Gasteiger partial charge in [0.05, 0.1) is 23.6 Å². The molecule has 1 saturated heterocycles. The Hall–Kier alpha value is -2.65. The Morgan fingerprint density at radius 1 is 1.23 bits per heavy atom. The summed E-state index contributed by atoms with van der Waals surface area (Å²) in [5, 5.41) is 0. The number of methoxy groups -OCH3 is 1. The summed E-state index contributed by atoms with van der Waals surface area (Å²) in [5.41, 5.74) is 0.924. The zero-order valence-electron chi connectivity index (χ0n) is 14.1. The van der Waals surface area contributed by atoms with E-state index in [1.807, 2.05) is 0 Å². The summed E-state index contributed by atoms with van der Waals surface area (Å²) in [6, 6.07) is 9.57. The van der Waals surface area contributed by atoms with Gasteiger partial charge in [-0.1, -0.05) is 0 Å². The number of nitrogens with one attached hydrogen (secondary N) is 1. The van der Waals surface area contributed by atoms with Crippen LogP contribution in [0.5, 0.6) is 5.75 Å². The van der Waals surface area contributed by atoms with Crippen LogP contribution in [0.4, 0.5) is 0 Å². The van der Waals surface area contributed by atoms with E-state index >= 15 is 0 Å². The van der Waals surface area contributed by atoms with Gasteiger partial charge in [0.25, 0.3) is 0 Å². The molecule has 1 aliphatic rings. The molecule has 4 rings (SSSR count). The first kappa shape index (κ1) is 16.8. The molecule has 1 N–H and O–H groups in total. The molecule has 0 aliphatic carbocycles. The van der Waals surface area contributed by atoms with Crippen molar-refractivity contribution in [3.8, 4) is 5.75 Å². The van der Waals surface area contributed by atoms with E-state index in [-0.39, 0.29) is 23.2 Å². The van der Waals surface area contributed by atoms with Crippen LogP contribution >= 0.6 is 0 Å². The molecule has 8 nitrogen and oxygen atoms in total. The smallest absolute Gasteiger partial charge is 0.327 e. The third-order valence-electron chi connectivity index (χ3n) is 4.66. The Labute approximate surface area is 150 Å². The standard InChI is InChI=1S/C17H18N4O4S/c1-25-13-4-6-14(7-5-13)26(23,24)20-10-8-12(11-20)21-16-15(19-17(21)22)3-2-9-18-16/h2-7,9,12H,8,10-11H2,1H3,(H,19,22)/t12-/m1/s1. The van der Waals surface area contributed by atoms with Crippen molar-refractivity contribution in [1.82, 2.24) is 18.8 Å². The van der Waals surface area contributed by atoms with E-state index in [0.717, 1.165) is 0 Å². The number of imidazole rings is 1. The SMILES string of the molecule is COc1ccc(S(=O)(=O)N2CC[C@@H](n3c(=O)[nH]c4cccnc43)C2)cc1. The summed E-state index contributed by atoms with van der Waals surface area (Å²) in [4.78, 5) is 19.5. The number of sulfonamides is 1. The highest BCUT2D eigenvalue weighted by molar-refractivity contribution is 7.89. The van der Waals surface area contributed by atoms with Crippen LogP contribution in [-0.2, 0) is 10.0 Å². The Kier molecular flexibility index (Phi) is 4.04. The van der Waals surface area contributed by atoms with Gasteiger partial charge in [0.15, 0.2) is 5.65 Å². The van der Waals surface area contributed by atoms with E-state index in [4.69, 9.17) is 4.74 Å². The van der Waals surface area contributed by atoms with Crippen LogP contribution in [-0.4, -0.2) is 47.5 Å². The first-order valence-electron chi connectivity index (χ1n) is 8.20. The lowest BCUT2D eigenvalue weighted by molar-refractivity contribution is 0.414. The predicted molar refractivity (Wildman–Crippen MR) is 95.8 cm³/mol. The molecular formula is C17H18N4O4S. The van der Waals surface area contributed by atoms with Crippen LogP contribution < -0.4 is 10.4 Å². The minimum Gasteiger partial charge on any atom is -0.497 e. The van der Waals surface area contributed by atoms with Crippen LogP contribution in [0.2, 0.25) is 0 Å². The molecule has 0 unspecified atom stereocenters. The average molecular weight is 374 g/mol. The van der Waals surface area contributed by atoms with Crippen molar-refractivity contribution in [1.29, 1.82) is 0 Å². The number of nitrogens with zero attached hydrogens (tertiary/aromatic N) is 3. The summed E-state index contributed by atoms with van der Waals surface area (Å²) < 4.78 is 33.8. The number of fused-ring (bicyclic) bond motifs is 1. The molecule has 136 valence electrons. The number of hydrogen-bond acceptors (Lipinski definition) is 5. The second-order valence-electron chi connectivity index (χ2n) is 6.16. The first-order chi connectivity index (χ1) is 12.5. The second-order valence-corrected chi connectivity index (χ2v) is 8.09. The zero-order valence-corrected chi connectivity index (χ0v) is 14.9. The minimum atomic E-state index is -3.62. The molecule has 1 fully saturated rings. The molecule has 0 radical (unpaired) electrons. The molecule has 3 heterocycles. The summed E-state index contributed by atoms with van der Waals surface area (Å²) in [6.07, 6.45) is 2.17. The van der Waals surface area contributed by atoms with E-state index in [9.17, 15) is 13.2 Å². The van der Waals surface area contributed by atoms with Gasteiger partial charge >= 0.3 is 5.69 Å². The molecule has 9 heteroatoms. The maximum absolute atomic E-state index is 12.9. The molecule has 0 spiro atoms. The molecule has 26 heavy (non-hydrogen) atoms. The van der Waals surface area contributed by atoms with Gasteiger partial charge in [0.1, 0.15) is 5.75 Å². The lowest BCUT2D eigenvalue weighted by Crippen LogP contribution is -2.31. The van der Waals surface area contributed by atoms with Gasteiger partial charge in [0, 0.05) is 19.3 Å². The first-order valence-corrected chi connectivity index (χ1v) is 9.64. The topological polar surface area (TPSA) is 97.3 Å². The van der Waals surface area contributed by atoms with E-state index in [0.29, 0.717) is 29.9 Å². The van der Waals surface area contributed by atoms with Gasteiger partial charge < -0.3 is 9.72 Å². The number of rotatable bonds is 4. The third-order valence-corrected chi connectivity index (χ3v) is 6.54. The highest BCUT2D eigenvalue weighted by Gasteiger charge is 2.34. The van der Waals surface area contributed by atoms with Crippen molar-refractivity contribution in [2.75, 3.05) is 20.2 Å². The lowest BCUT2D eigenvalue weighted by Gasteiger charge is -2.17. The maximum atomic E-state index is 12.9. The van der Waals surface area contributed by atoms with Gasteiger partial charge in [-0.25, -0.2) is 18.2 Å². The summed E-state index contributed by atoms with van der Waals surface area (Å²) >= 11 is 0. The molecule has 0 amide bonds. The molecule has 1 atom stereocenters. The quantitative estimate of drug-likeness (QED) is 0.744. The van der Waals surface area contributed by atoms with Crippen molar-refractivity contribution >= 4 is 21.2 Å². The van der Waals surface area contributed by atoms with Crippen LogP contribution in [0.3, 0.4) is 0 Å². The number of H-pyrrole nitrogens is 1. The predicted octanol–water partition coefficient (Wildman–Crippen LogP) is 1.37. The number of aromatic amines is 1. The molecule has 1 aromatic carbocycles. The fraction of sp³-hybridized carbons (Fsp3) is 0.294. The van der Waals surface area contributed by atoms with Crippen LogP contribution in [0.15, 0.2) is 52.3 Å². The zero-order chi connectivity index (χ0) is 18.3. The highest BCUT2D eigenvalue weighted by atomic mass is 32.2. The van der Waals surface area contributed by atoms with Crippen molar-refractivity contribution in [3.05, 3.63) is 53.1 Å². The van der Waals surface area contributed by atoms with Crippen molar-refractivity contribution in [3.63, 3.8) is 0 Å². The number of pyridine rings is 1. The molecule has 1 aliphatic heterocycles. The van der Waals surface area contributed by atoms with Crippen LogP contribution in [0.25, 0.3) is 11.2 Å². The molecule has 3 aromatic rings. The van der Waals surface area contributed by atoms with Gasteiger partial charge in [-0.05, 0) is 42.8 Å². The van der Waals surface area contributed by atoms with Crippen molar-refractivity contribution in [2.45, 2.75) is 17.4 Å². The van der Waals surface area contributed by atoms with E-state index in [1.165, 1.54) is 23.5 Å². The van der Waals surface area contributed by atoms with Gasteiger partial charge in [-0.3, -0.25) is 4.57 Å². The summed E-state index contributed by atoms with van der Waals surface area (Å²) in [6.45, 7) is 0.586. The Balaban J connectivity index is 1.63. The fourth-order valence-corrected chi connectivity index (χ4v) is 4.83. The highest BCUT2D eigenvalue weighted by Crippen LogP contribution is 2.28. The van der Waals surface area contributed by atoms with E-state index < -0.39 is 10.0 Å². The number of aromatic nitrogens is 3. The van der Waals surface area contributed by atoms with Gasteiger partial charge in [0.2, 0.25) is 10.0 Å². The monoisotopic (exact) mass is 374 g/mol. The van der Waals surface area contributed by atoms with Crippen LogP contribution in [0.1, 0.15) is 12.5 Å². The second kappa shape index (κ2) is 6.26. The molecule has 0 bridgehead atoms. The van der Waals surface area contributed by atoms with Crippen LogP contribution in [0, 0.1) is 0 Å². The largest absolute Gasteiger partial charge is 0.497 e. The Bertz CT molecular complexity index is 1100. The Morgan fingerprint density at radius 3 is 2.73 bits per heavy atom. The number of ether oxygens (including phenoxy) is 1. The van der Waals surface area contributed by atoms with E-state index in [1.54, 1.807) is 35.0 Å². The maximum Gasteiger partial charge on any atom is 0.327 e. The number of benzene rings is 1. The van der Waals surface area contributed by atoms with Gasteiger partial charge in [-0.2, -0.15) is 4.31 Å². The molecule has 2 aromatic heterocycles. The molecular weight excluding hydrogens is 356 g/mol. The van der Waals surface area contributed by atoms with E-state index in [2.05, 4.69) is 9.97 Å².